The number of hydrogen-bond acceptors (Lipinski definition) is 5. The summed E-state index contributed by atoms with van der Waals surface area (Å²) in [5, 5.41) is 26.0. The molecule has 0 aromatic carbocycles. The molecule has 5 nitrogen and oxygen atoms in total. The van der Waals surface area contributed by atoms with Crippen molar-refractivity contribution >= 4 is 5.97 Å². The molecular formula is C12H24O5. The highest BCUT2D eigenvalue weighted by atomic mass is 16.5. The van der Waals surface area contributed by atoms with Gasteiger partial charge in [-0.1, -0.05) is 6.92 Å². The summed E-state index contributed by atoms with van der Waals surface area (Å²) in [6.45, 7) is 1.99. The zero-order valence-corrected chi connectivity index (χ0v) is 10.5. The van der Waals surface area contributed by atoms with E-state index in [9.17, 15) is 4.79 Å². The van der Waals surface area contributed by atoms with Crippen LogP contribution in [0.2, 0.25) is 0 Å². The second kappa shape index (κ2) is 9.39. The molecule has 1 saturated heterocycles. The predicted octanol–water partition coefficient (Wildman–Crippen LogP) is 0.463. The second-order valence-electron chi connectivity index (χ2n) is 4.36. The average molecular weight is 248 g/mol. The van der Waals surface area contributed by atoms with Crippen molar-refractivity contribution in [3.05, 3.63) is 0 Å². The van der Waals surface area contributed by atoms with Gasteiger partial charge in [-0.2, -0.15) is 0 Å². The molecular weight excluding hydrogens is 224 g/mol. The third-order valence-electron chi connectivity index (χ3n) is 3.04. The SMILES string of the molecule is CCC(CO)(CO)CO.O=C1CCCCCO1. The lowest BCUT2D eigenvalue weighted by Gasteiger charge is -2.24. The van der Waals surface area contributed by atoms with E-state index in [1.807, 2.05) is 6.92 Å². The van der Waals surface area contributed by atoms with E-state index in [-0.39, 0.29) is 25.8 Å². The highest BCUT2D eigenvalue weighted by Crippen LogP contribution is 2.18. The molecule has 1 heterocycles. The van der Waals surface area contributed by atoms with Crippen molar-refractivity contribution in [2.45, 2.75) is 39.0 Å². The van der Waals surface area contributed by atoms with Gasteiger partial charge in [-0.3, -0.25) is 4.79 Å². The van der Waals surface area contributed by atoms with E-state index in [0.29, 0.717) is 19.4 Å². The number of carbonyl (C=O) groups is 1. The van der Waals surface area contributed by atoms with E-state index in [1.165, 1.54) is 0 Å². The summed E-state index contributed by atoms with van der Waals surface area (Å²) in [5.41, 5.74) is -0.667. The Morgan fingerprint density at radius 1 is 1.12 bits per heavy atom. The molecule has 0 radical (unpaired) electrons. The van der Waals surface area contributed by atoms with E-state index < -0.39 is 5.41 Å². The molecule has 0 amide bonds. The Morgan fingerprint density at radius 3 is 2.12 bits per heavy atom. The summed E-state index contributed by atoms with van der Waals surface area (Å²) in [6, 6.07) is 0. The maximum absolute atomic E-state index is 10.5. The Morgan fingerprint density at radius 2 is 1.71 bits per heavy atom. The van der Waals surface area contributed by atoms with Crippen molar-refractivity contribution in [3.63, 3.8) is 0 Å². The van der Waals surface area contributed by atoms with Crippen LogP contribution < -0.4 is 0 Å². The molecule has 0 saturated carbocycles. The van der Waals surface area contributed by atoms with E-state index >= 15 is 0 Å². The molecule has 0 atom stereocenters. The van der Waals surface area contributed by atoms with Gasteiger partial charge in [0, 0.05) is 11.8 Å². The fraction of sp³-hybridized carbons (Fsp3) is 0.917. The van der Waals surface area contributed by atoms with Crippen LogP contribution in [0.15, 0.2) is 0 Å². The molecule has 17 heavy (non-hydrogen) atoms. The number of cyclic esters (lactones) is 1. The van der Waals surface area contributed by atoms with Crippen LogP contribution in [-0.4, -0.2) is 47.7 Å². The molecule has 1 fully saturated rings. The number of hydrogen-bond donors (Lipinski definition) is 3. The first-order chi connectivity index (χ1) is 8.14. The summed E-state index contributed by atoms with van der Waals surface area (Å²) in [7, 11) is 0. The molecule has 0 aromatic rings. The van der Waals surface area contributed by atoms with Crippen molar-refractivity contribution in [1.29, 1.82) is 0 Å². The highest BCUT2D eigenvalue weighted by Gasteiger charge is 2.24. The second-order valence-corrected chi connectivity index (χ2v) is 4.36. The van der Waals surface area contributed by atoms with Crippen LogP contribution in [-0.2, 0) is 9.53 Å². The van der Waals surface area contributed by atoms with Crippen molar-refractivity contribution in [2.75, 3.05) is 26.4 Å². The third kappa shape index (κ3) is 6.61. The Kier molecular flexibility index (Phi) is 9.03. The van der Waals surface area contributed by atoms with E-state index in [4.69, 9.17) is 20.1 Å². The molecule has 3 N–H and O–H groups in total. The molecule has 0 aliphatic carbocycles. The summed E-state index contributed by atoms with van der Waals surface area (Å²) in [4.78, 5) is 10.5. The third-order valence-corrected chi connectivity index (χ3v) is 3.04. The zero-order valence-electron chi connectivity index (χ0n) is 10.5. The van der Waals surface area contributed by atoms with Crippen LogP contribution >= 0.6 is 0 Å². The minimum atomic E-state index is -0.667. The number of ether oxygens (including phenoxy) is 1. The standard InChI is InChI=1S/C6H14O3.C6H10O2/c1-2-6(3-7,4-8)5-9;7-6-4-2-1-3-5-8-6/h7-9H,2-5H2,1H3;1-5H2. The molecule has 0 unspecified atom stereocenters. The lowest BCUT2D eigenvalue weighted by molar-refractivity contribution is -0.142. The lowest BCUT2D eigenvalue weighted by atomic mass is 9.88. The number of esters is 1. The number of rotatable bonds is 4. The first-order valence-electron chi connectivity index (χ1n) is 6.12. The largest absolute Gasteiger partial charge is 0.466 e. The molecule has 0 spiro atoms. The number of aliphatic hydroxyl groups excluding tert-OH is 3. The van der Waals surface area contributed by atoms with Gasteiger partial charge in [0.1, 0.15) is 0 Å². The van der Waals surface area contributed by atoms with Gasteiger partial charge in [-0.05, 0) is 25.7 Å². The Bertz CT molecular complexity index is 174. The fourth-order valence-electron chi connectivity index (χ4n) is 1.29. The molecule has 1 aliphatic heterocycles. The quantitative estimate of drug-likeness (QED) is 0.629. The molecule has 102 valence electrons. The van der Waals surface area contributed by atoms with Gasteiger partial charge >= 0.3 is 5.97 Å². The van der Waals surface area contributed by atoms with Gasteiger partial charge in [0.2, 0.25) is 0 Å². The molecule has 0 aromatic heterocycles. The van der Waals surface area contributed by atoms with E-state index in [1.54, 1.807) is 0 Å². The van der Waals surface area contributed by atoms with E-state index in [2.05, 4.69) is 0 Å². The van der Waals surface area contributed by atoms with Gasteiger partial charge in [-0.15, -0.1) is 0 Å². The first-order valence-corrected chi connectivity index (χ1v) is 6.12. The first kappa shape index (κ1) is 16.4. The maximum atomic E-state index is 10.5. The average Bonchev–Trinajstić information content (AvgIpc) is 2.61. The number of carbonyl (C=O) groups excluding carboxylic acids is 1. The van der Waals surface area contributed by atoms with Crippen LogP contribution in [0.25, 0.3) is 0 Å². The van der Waals surface area contributed by atoms with Crippen LogP contribution in [0.5, 0.6) is 0 Å². The minimum absolute atomic E-state index is 0.0255. The Hall–Kier alpha value is -0.650. The van der Waals surface area contributed by atoms with Crippen LogP contribution in [0, 0.1) is 5.41 Å². The van der Waals surface area contributed by atoms with Crippen molar-refractivity contribution in [3.8, 4) is 0 Å². The zero-order chi connectivity index (χ0) is 13.1. The molecule has 1 aliphatic rings. The molecule has 1 rings (SSSR count). The van der Waals surface area contributed by atoms with Gasteiger partial charge in [0.25, 0.3) is 0 Å². The van der Waals surface area contributed by atoms with Crippen LogP contribution in [0.4, 0.5) is 0 Å². The molecule has 5 heteroatoms. The van der Waals surface area contributed by atoms with Gasteiger partial charge in [0.05, 0.1) is 26.4 Å². The summed E-state index contributed by atoms with van der Waals surface area (Å²) in [5.74, 6) is -0.0255. The monoisotopic (exact) mass is 248 g/mol. The van der Waals surface area contributed by atoms with Crippen molar-refractivity contribution < 1.29 is 24.9 Å². The topological polar surface area (TPSA) is 87.0 Å². The lowest BCUT2D eigenvalue weighted by Crippen LogP contribution is -2.32. The van der Waals surface area contributed by atoms with Crippen molar-refractivity contribution in [2.24, 2.45) is 5.41 Å². The normalized spacial score (nSPS) is 16.6. The minimum Gasteiger partial charge on any atom is -0.466 e. The van der Waals surface area contributed by atoms with E-state index in [0.717, 1.165) is 19.3 Å². The van der Waals surface area contributed by atoms with Crippen molar-refractivity contribution in [1.82, 2.24) is 0 Å². The Labute approximate surface area is 102 Å². The Balaban J connectivity index is 0.000000302. The van der Waals surface area contributed by atoms with Crippen LogP contribution in [0.1, 0.15) is 39.0 Å². The number of aliphatic hydroxyl groups is 3. The fourth-order valence-corrected chi connectivity index (χ4v) is 1.29. The highest BCUT2D eigenvalue weighted by molar-refractivity contribution is 5.69. The van der Waals surface area contributed by atoms with Gasteiger partial charge in [-0.25, -0.2) is 0 Å². The summed E-state index contributed by atoms with van der Waals surface area (Å²) in [6.07, 6.45) is 4.42. The summed E-state index contributed by atoms with van der Waals surface area (Å²) < 4.78 is 4.76. The predicted molar refractivity (Wildman–Crippen MR) is 63.4 cm³/mol. The molecule has 0 bridgehead atoms. The maximum Gasteiger partial charge on any atom is 0.305 e. The smallest absolute Gasteiger partial charge is 0.305 e. The van der Waals surface area contributed by atoms with Crippen LogP contribution in [0.3, 0.4) is 0 Å². The van der Waals surface area contributed by atoms with Gasteiger partial charge in [0.15, 0.2) is 0 Å². The summed E-state index contributed by atoms with van der Waals surface area (Å²) >= 11 is 0. The van der Waals surface area contributed by atoms with Gasteiger partial charge < -0.3 is 20.1 Å².